The molecule has 3 atom stereocenters. The van der Waals surface area contributed by atoms with Crippen molar-refractivity contribution in [3.05, 3.63) is 88.5 Å². The molecule has 2 aliphatic rings. The lowest BCUT2D eigenvalue weighted by molar-refractivity contribution is -0.144. The van der Waals surface area contributed by atoms with E-state index in [-0.39, 0.29) is 17.7 Å². The van der Waals surface area contributed by atoms with Crippen molar-refractivity contribution in [1.29, 1.82) is 0 Å². The Morgan fingerprint density at radius 3 is 2.30 bits per heavy atom. The van der Waals surface area contributed by atoms with Gasteiger partial charge in [0.2, 0.25) is 0 Å². The number of benzene rings is 2. The molecule has 3 aromatic rings. The fraction of sp³-hybridized carbons (Fsp3) is 0.543. The van der Waals surface area contributed by atoms with Gasteiger partial charge in [0.25, 0.3) is 0 Å². The molecular formula is C35H50FN5O2. The molecule has 0 saturated carbocycles. The highest BCUT2D eigenvalue weighted by molar-refractivity contribution is 5.74. The lowest BCUT2D eigenvalue weighted by Gasteiger charge is -2.29. The number of hydrogen-bond donors (Lipinski definition) is 2. The minimum absolute atomic E-state index is 0.124. The van der Waals surface area contributed by atoms with Gasteiger partial charge in [0.1, 0.15) is 11.9 Å². The maximum atomic E-state index is 13.3. The zero-order chi connectivity index (χ0) is 30.9. The average Bonchev–Trinajstić information content (AvgIpc) is 3.66. The van der Waals surface area contributed by atoms with Crippen molar-refractivity contribution in [2.45, 2.75) is 83.8 Å². The lowest BCUT2D eigenvalue weighted by atomic mass is 9.93. The standard InChI is InChI=1S/C19H28N4.C16H22FNO2/c1-3-23-19(17-8-10-22(2)11-9-17)13-18(21-23)12-15-4-6-16(14-20)7-5-15;1-3-11(2)15(16(19)20)18-8-7-13(10-18)12-5-4-6-14(17)9-12/h4-7,13,17H,3,8-12,14,20H2,1-2H3;4-6,9,11,13,15H,3,7-8,10H2,1-2H3,(H,19,20)/t;11-,13-,15-/m.1/s1. The average molecular weight is 592 g/mol. The van der Waals surface area contributed by atoms with Crippen LogP contribution in [0.25, 0.3) is 0 Å². The molecule has 0 unspecified atom stereocenters. The predicted octanol–water partition coefficient (Wildman–Crippen LogP) is 5.88. The summed E-state index contributed by atoms with van der Waals surface area (Å²) < 4.78 is 15.5. The number of aromatic nitrogens is 2. The van der Waals surface area contributed by atoms with E-state index in [1.165, 1.54) is 54.5 Å². The highest BCUT2D eigenvalue weighted by Crippen LogP contribution is 2.31. The van der Waals surface area contributed by atoms with E-state index in [9.17, 15) is 14.3 Å². The van der Waals surface area contributed by atoms with Gasteiger partial charge in [-0.15, -0.1) is 0 Å². The fourth-order valence-electron chi connectivity index (χ4n) is 6.52. The topological polar surface area (TPSA) is 87.6 Å². The number of nitrogens with zero attached hydrogens (tertiary/aromatic N) is 4. The summed E-state index contributed by atoms with van der Waals surface area (Å²) in [6, 6.07) is 17.1. The Morgan fingerprint density at radius 1 is 1.02 bits per heavy atom. The monoisotopic (exact) mass is 591 g/mol. The molecule has 3 heterocycles. The van der Waals surface area contributed by atoms with Crippen LogP contribution >= 0.6 is 0 Å². The molecule has 2 fully saturated rings. The molecule has 2 aromatic carbocycles. The van der Waals surface area contributed by atoms with Crippen molar-refractivity contribution in [2.75, 3.05) is 33.2 Å². The van der Waals surface area contributed by atoms with Crippen molar-refractivity contribution in [2.24, 2.45) is 11.7 Å². The van der Waals surface area contributed by atoms with Gasteiger partial charge in [-0.2, -0.15) is 5.10 Å². The molecule has 0 amide bonds. The van der Waals surface area contributed by atoms with Gasteiger partial charge in [0, 0.05) is 37.7 Å². The van der Waals surface area contributed by atoms with E-state index < -0.39 is 12.0 Å². The van der Waals surface area contributed by atoms with E-state index >= 15 is 0 Å². The highest BCUT2D eigenvalue weighted by Gasteiger charge is 2.35. The molecule has 0 bridgehead atoms. The number of aliphatic carboxylic acids is 1. The van der Waals surface area contributed by atoms with Crippen molar-refractivity contribution in [1.82, 2.24) is 19.6 Å². The number of piperidine rings is 1. The van der Waals surface area contributed by atoms with Crippen molar-refractivity contribution in [3.63, 3.8) is 0 Å². The summed E-state index contributed by atoms with van der Waals surface area (Å²) in [7, 11) is 2.21. The molecule has 2 saturated heterocycles. The quantitative estimate of drug-likeness (QED) is 0.306. The molecule has 8 heteroatoms. The van der Waals surface area contributed by atoms with E-state index in [1.807, 2.05) is 24.8 Å². The van der Waals surface area contributed by atoms with Gasteiger partial charge in [0.05, 0.1) is 5.69 Å². The summed E-state index contributed by atoms with van der Waals surface area (Å²) in [6.45, 7) is 11.6. The van der Waals surface area contributed by atoms with Crippen LogP contribution in [0.1, 0.15) is 86.4 Å². The number of rotatable bonds is 10. The van der Waals surface area contributed by atoms with Crippen molar-refractivity contribution >= 4 is 5.97 Å². The zero-order valence-electron chi connectivity index (χ0n) is 26.4. The number of halogens is 1. The van der Waals surface area contributed by atoms with Crippen LogP contribution in [-0.4, -0.2) is 69.9 Å². The van der Waals surface area contributed by atoms with Crippen LogP contribution in [0.3, 0.4) is 0 Å². The van der Waals surface area contributed by atoms with Crippen molar-refractivity contribution < 1.29 is 14.3 Å². The molecule has 0 spiro atoms. The first-order chi connectivity index (χ1) is 20.7. The number of carboxylic acids is 1. The third-order valence-corrected chi connectivity index (χ3v) is 9.31. The SMILES string of the molecule is CC[C@@H](C)[C@H](C(=O)O)N1CC[C@@H](c2cccc(F)c2)C1.CCn1nc(Cc2ccc(CN)cc2)cc1C1CCN(C)CC1. The number of likely N-dealkylation sites (tertiary alicyclic amines) is 2. The highest BCUT2D eigenvalue weighted by atomic mass is 19.1. The number of aryl methyl sites for hydroxylation is 1. The third kappa shape index (κ3) is 8.74. The summed E-state index contributed by atoms with van der Waals surface area (Å²) in [5, 5.41) is 14.3. The molecule has 0 radical (unpaired) electrons. The molecule has 1 aromatic heterocycles. The van der Waals surface area contributed by atoms with E-state index in [2.05, 4.69) is 53.9 Å². The predicted molar refractivity (Wildman–Crippen MR) is 171 cm³/mol. The number of hydrogen-bond acceptors (Lipinski definition) is 5. The number of nitrogens with two attached hydrogens (primary N) is 1. The molecule has 3 N–H and O–H groups in total. The second-order valence-electron chi connectivity index (χ2n) is 12.4. The van der Waals surface area contributed by atoms with Gasteiger partial charge in [0.15, 0.2) is 0 Å². The summed E-state index contributed by atoms with van der Waals surface area (Å²) in [6.07, 6.45) is 5.12. The first-order valence-electron chi connectivity index (χ1n) is 16.0. The molecule has 0 aliphatic carbocycles. The number of carbonyl (C=O) groups is 1. The molecule has 2 aliphatic heterocycles. The third-order valence-electron chi connectivity index (χ3n) is 9.31. The first kappa shape index (κ1) is 32.8. The summed E-state index contributed by atoms with van der Waals surface area (Å²) in [5.74, 6) is 0.0410. The molecule has 234 valence electrons. The summed E-state index contributed by atoms with van der Waals surface area (Å²) in [4.78, 5) is 15.9. The second-order valence-corrected chi connectivity index (χ2v) is 12.4. The Kier molecular flexibility index (Phi) is 11.9. The molecular weight excluding hydrogens is 541 g/mol. The Labute approximate surface area is 256 Å². The Bertz CT molecular complexity index is 1300. The normalized spacial score (nSPS) is 19.5. The van der Waals surface area contributed by atoms with Crippen molar-refractivity contribution in [3.8, 4) is 0 Å². The van der Waals surface area contributed by atoms with E-state index in [4.69, 9.17) is 10.8 Å². The van der Waals surface area contributed by atoms with Crippen LogP contribution in [-0.2, 0) is 24.3 Å². The summed E-state index contributed by atoms with van der Waals surface area (Å²) >= 11 is 0. The minimum atomic E-state index is -0.751. The van der Waals surface area contributed by atoms with Crippen LogP contribution < -0.4 is 5.73 Å². The zero-order valence-corrected chi connectivity index (χ0v) is 26.4. The molecule has 7 nitrogen and oxygen atoms in total. The van der Waals surface area contributed by atoms with Crippen LogP contribution in [0.15, 0.2) is 54.6 Å². The Morgan fingerprint density at radius 2 is 1.70 bits per heavy atom. The smallest absolute Gasteiger partial charge is 0.321 e. The number of carboxylic acid groups (broad SMARTS) is 1. The van der Waals surface area contributed by atoms with Crippen LogP contribution in [0.5, 0.6) is 0 Å². The molecule has 5 rings (SSSR count). The van der Waals surface area contributed by atoms with Gasteiger partial charge in [-0.1, -0.05) is 56.7 Å². The van der Waals surface area contributed by atoms with Gasteiger partial charge in [-0.3, -0.25) is 14.4 Å². The second kappa shape index (κ2) is 15.6. The summed E-state index contributed by atoms with van der Waals surface area (Å²) in [5.41, 5.74) is 11.7. The fourth-order valence-corrected chi connectivity index (χ4v) is 6.52. The Balaban J connectivity index is 0.000000199. The van der Waals surface area contributed by atoms with Crippen LogP contribution in [0, 0.1) is 11.7 Å². The van der Waals surface area contributed by atoms with Crippen LogP contribution in [0.2, 0.25) is 0 Å². The maximum Gasteiger partial charge on any atom is 0.321 e. The molecule has 43 heavy (non-hydrogen) atoms. The maximum absolute atomic E-state index is 13.3. The van der Waals surface area contributed by atoms with E-state index in [0.29, 0.717) is 19.0 Å². The van der Waals surface area contributed by atoms with E-state index in [0.717, 1.165) is 37.9 Å². The first-order valence-corrected chi connectivity index (χ1v) is 16.0. The van der Waals surface area contributed by atoms with Gasteiger partial charge >= 0.3 is 5.97 Å². The van der Waals surface area contributed by atoms with Gasteiger partial charge in [-0.25, -0.2) is 4.39 Å². The lowest BCUT2D eigenvalue weighted by Crippen LogP contribution is -2.44. The Hall–Kier alpha value is -3.07. The largest absolute Gasteiger partial charge is 0.480 e. The van der Waals surface area contributed by atoms with E-state index in [1.54, 1.807) is 12.1 Å². The van der Waals surface area contributed by atoms with Gasteiger partial charge < -0.3 is 15.7 Å². The van der Waals surface area contributed by atoms with Gasteiger partial charge in [-0.05, 0) is 99.6 Å². The minimum Gasteiger partial charge on any atom is -0.480 e. The van der Waals surface area contributed by atoms with Crippen LogP contribution in [0.4, 0.5) is 4.39 Å².